The Morgan fingerprint density at radius 1 is 1.03 bits per heavy atom. The number of methoxy groups -OCH3 is 1. The van der Waals surface area contributed by atoms with Crippen LogP contribution in [0.5, 0.6) is 5.75 Å². The molecular formula is C20H23NO7S. The molecule has 0 saturated carbocycles. The summed E-state index contributed by atoms with van der Waals surface area (Å²) in [4.78, 5) is 36.9. The highest BCUT2D eigenvalue weighted by molar-refractivity contribution is 7.18. The largest absolute Gasteiger partial charge is 0.490 e. The molecule has 156 valence electrons. The molecule has 0 unspecified atom stereocenters. The van der Waals surface area contributed by atoms with Gasteiger partial charge in [0.15, 0.2) is 0 Å². The first-order chi connectivity index (χ1) is 14.0. The number of para-hydroxylation sites is 1. The molecular weight excluding hydrogens is 398 g/mol. The van der Waals surface area contributed by atoms with Crippen LogP contribution >= 0.6 is 11.3 Å². The average molecular weight is 421 g/mol. The summed E-state index contributed by atoms with van der Waals surface area (Å²) < 4.78 is 20.6. The molecule has 0 atom stereocenters. The van der Waals surface area contributed by atoms with E-state index in [4.69, 9.17) is 18.9 Å². The molecule has 1 aromatic carbocycles. The second-order valence-electron chi connectivity index (χ2n) is 5.76. The van der Waals surface area contributed by atoms with E-state index in [0.29, 0.717) is 11.3 Å². The molecule has 0 aliphatic carbocycles. The zero-order valence-corrected chi connectivity index (χ0v) is 17.3. The average Bonchev–Trinajstić information content (AvgIpc) is 3.02. The van der Waals surface area contributed by atoms with Crippen LogP contribution in [0.3, 0.4) is 0 Å². The molecule has 0 bridgehead atoms. The molecule has 2 rings (SSSR count). The molecule has 1 N–H and O–H groups in total. The van der Waals surface area contributed by atoms with Crippen molar-refractivity contribution in [3.05, 3.63) is 46.3 Å². The lowest BCUT2D eigenvalue weighted by Crippen LogP contribution is -2.18. The van der Waals surface area contributed by atoms with Gasteiger partial charge in [-0.2, -0.15) is 0 Å². The minimum atomic E-state index is -0.625. The van der Waals surface area contributed by atoms with Crippen molar-refractivity contribution in [3.8, 4) is 5.75 Å². The molecule has 0 spiro atoms. The van der Waals surface area contributed by atoms with Crippen molar-refractivity contribution in [2.24, 2.45) is 0 Å². The Hall–Kier alpha value is -2.91. The first-order valence-corrected chi connectivity index (χ1v) is 9.73. The van der Waals surface area contributed by atoms with E-state index in [1.807, 2.05) is 18.2 Å². The van der Waals surface area contributed by atoms with Gasteiger partial charge < -0.3 is 24.3 Å². The summed E-state index contributed by atoms with van der Waals surface area (Å²) in [6.07, 6.45) is 0. The molecule has 8 nitrogen and oxygen atoms in total. The summed E-state index contributed by atoms with van der Waals surface area (Å²) in [5.74, 6) is -1.01. The number of hydrogen-bond donors (Lipinski definition) is 1. The van der Waals surface area contributed by atoms with E-state index in [-0.39, 0.29) is 41.9 Å². The van der Waals surface area contributed by atoms with Gasteiger partial charge in [0.05, 0.1) is 12.2 Å². The van der Waals surface area contributed by atoms with Crippen LogP contribution in [0, 0.1) is 6.92 Å². The second-order valence-corrected chi connectivity index (χ2v) is 6.78. The van der Waals surface area contributed by atoms with Crippen molar-refractivity contribution in [3.63, 3.8) is 0 Å². The SMILES string of the molecule is CCOC(=O)c1c(NC(=O)COC)sc(C(=O)OCCOc2ccccc2)c1C. The number of ether oxygens (including phenoxy) is 4. The molecule has 0 fully saturated rings. The van der Waals surface area contributed by atoms with Gasteiger partial charge in [0, 0.05) is 7.11 Å². The lowest BCUT2D eigenvalue weighted by Gasteiger charge is -2.07. The molecule has 9 heteroatoms. The van der Waals surface area contributed by atoms with Crippen LogP contribution in [0.4, 0.5) is 5.00 Å². The van der Waals surface area contributed by atoms with E-state index >= 15 is 0 Å². The third-order valence-electron chi connectivity index (χ3n) is 3.67. The summed E-state index contributed by atoms with van der Waals surface area (Å²) in [6, 6.07) is 9.15. The zero-order valence-electron chi connectivity index (χ0n) is 16.5. The van der Waals surface area contributed by atoms with Gasteiger partial charge >= 0.3 is 11.9 Å². The van der Waals surface area contributed by atoms with E-state index < -0.39 is 17.8 Å². The maximum Gasteiger partial charge on any atom is 0.348 e. The van der Waals surface area contributed by atoms with E-state index in [0.717, 1.165) is 11.3 Å². The number of carbonyl (C=O) groups is 3. The molecule has 29 heavy (non-hydrogen) atoms. The number of amides is 1. The van der Waals surface area contributed by atoms with Gasteiger partial charge in [0.1, 0.15) is 35.4 Å². The maximum absolute atomic E-state index is 12.5. The third kappa shape index (κ3) is 6.30. The lowest BCUT2D eigenvalue weighted by atomic mass is 10.1. The number of esters is 2. The number of anilines is 1. The quantitative estimate of drug-likeness (QED) is 0.465. The number of hydrogen-bond acceptors (Lipinski definition) is 8. The fraction of sp³-hybridized carbons (Fsp3) is 0.350. The first-order valence-electron chi connectivity index (χ1n) is 8.92. The highest BCUT2D eigenvalue weighted by atomic mass is 32.1. The topological polar surface area (TPSA) is 100 Å². The Morgan fingerprint density at radius 2 is 1.76 bits per heavy atom. The van der Waals surface area contributed by atoms with Crippen molar-refractivity contribution in [1.29, 1.82) is 0 Å². The molecule has 0 aliphatic rings. The minimum absolute atomic E-state index is 0.0329. The van der Waals surface area contributed by atoms with E-state index in [1.165, 1.54) is 7.11 Å². The van der Waals surface area contributed by atoms with Gasteiger partial charge in [-0.05, 0) is 31.5 Å². The zero-order chi connectivity index (χ0) is 21.2. The van der Waals surface area contributed by atoms with Gasteiger partial charge in [0.25, 0.3) is 5.91 Å². The molecule has 1 aromatic heterocycles. The van der Waals surface area contributed by atoms with Gasteiger partial charge in [0.2, 0.25) is 0 Å². The Labute approximate surface area is 172 Å². The molecule has 0 radical (unpaired) electrons. The van der Waals surface area contributed by atoms with Crippen LogP contribution in [-0.2, 0) is 19.0 Å². The van der Waals surface area contributed by atoms with Crippen LogP contribution in [0.2, 0.25) is 0 Å². The van der Waals surface area contributed by atoms with E-state index in [1.54, 1.807) is 26.0 Å². The number of thiophene rings is 1. The van der Waals surface area contributed by atoms with Gasteiger partial charge in [-0.25, -0.2) is 9.59 Å². The van der Waals surface area contributed by atoms with Crippen LogP contribution in [0.1, 0.15) is 32.5 Å². The number of nitrogens with one attached hydrogen (secondary N) is 1. The summed E-state index contributed by atoms with van der Waals surface area (Å²) in [6.45, 7) is 3.47. The lowest BCUT2D eigenvalue weighted by molar-refractivity contribution is -0.119. The van der Waals surface area contributed by atoms with E-state index in [9.17, 15) is 14.4 Å². The Balaban J connectivity index is 2.08. The van der Waals surface area contributed by atoms with Gasteiger partial charge in [-0.15, -0.1) is 11.3 Å². The summed E-state index contributed by atoms with van der Waals surface area (Å²) in [5.41, 5.74) is 0.518. The number of rotatable bonds is 10. The summed E-state index contributed by atoms with van der Waals surface area (Å²) in [7, 11) is 1.38. The Bertz CT molecular complexity index is 848. The van der Waals surface area contributed by atoms with Crippen LogP contribution in [-0.4, -0.2) is 51.4 Å². The number of benzene rings is 1. The Morgan fingerprint density at radius 3 is 2.41 bits per heavy atom. The molecule has 1 heterocycles. The van der Waals surface area contributed by atoms with Gasteiger partial charge in [-0.3, -0.25) is 4.79 Å². The fourth-order valence-corrected chi connectivity index (χ4v) is 3.52. The van der Waals surface area contributed by atoms with Crippen molar-refractivity contribution in [2.45, 2.75) is 13.8 Å². The highest BCUT2D eigenvalue weighted by Gasteiger charge is 2.27. The smallest absolute Gasteiger partial charge is 0.348 e. The standard InChI is InChI=1S/C20H23NO7S/c1-4-26-19(23)16-13(2)17(29-18(16)21-15(22)12-25-3)20(24)28-11-10-27-14-8-6-5-7-9-14/h5-9H,4,10-12H2,1-3H3,(H,21,22). The van der Waals surface area contributed by atoms with Crippen LogP contribution in [0.15, 0.2) is 30.3 Å². The normalized spacial score (nSPS) is 10.3. The number of carbonyl (C=O) groups excluding carboxylic acids is 3. The van der Waals surface area contributed by atoms with Crippen molar-refractivity contribution < 1.29 is 33.3 Å². The molecule has 1 amide bonds. The Kier molecular flexibility index (Phi) is 8.63. The maximum atomic E-state index is 12.5. The predicted octanol–water partition coefficient (Wildman–Crippen LogP) is 3.05. The summed E-state index contributed by atoms with van der Waals surface area (Å²) in [5, 5.41) is 2.79. The molecule has 0 saturated heterocycles. The van der Waals surface area contributed by atoms with Crippen molar-refractivity contribution >= 4 is 34.2 Å². The molecule has 2 aromatic rings. The van der Waals surface area contributed by atoms with Crippen LogP contribution < -0.4 is 10.1 Å². The first kappa shape index (κ1) is 22.4. The fourth-order valence-electron chi connectivity index (χ4n) is 2.42. The van der Waals surface area contributed by atoms with Gasteiger partial charge in [-0.1, -0.05) is 18.2 Å². The van der Waals surface area contributed by atoms with E-state index in [2.05, 4.69) is 5.32 Å². The monoisotopic (exact) mass is 421 g/mol. The second kappa shape index (κ2) is 11.2. The van der Waals surface area contributed by atoms with Crippen molar-refractivity contribution in [2.75, 3.05) is 38.9 Å². The third-order valence-corrected chi connectivity index (χ3v) is 4.86. The van der Waals surface area contributed by atoms with Crippen LogP contribution in [0.25, 0.3) is 0 Å². The predicted molar refractivity (Wildman–Crippen MR) is 108 cm³/mol. The summed E-state index contributed by atoms with van der Waals surface area (Å²) >= 11 is 0.953. The highest BCUT2D eigenvalue weighted by Crippen LogP contribution is 2.34. The molecule has 0 aliphatic heterocycles. The van der Waals surface area contributed by atoms with Crippen molar-refractivity contribution in [1.82, 2.24) is 0 Å². The minimum Gasteiger partial charge on any atom is -0.490 e.